The van der Waals surface area contributed by atoms with Gasteiger partial charge in [-0.15, -0.1) is 0 Å². The Labute approximate surface area is 182 Å². The summed E-state index contributed by atoms with van der Waals surface area (Å²) in [6.45, 7) is 5.68. The van der Waals surface area contributed by atoms with Crippen molar-refractivity contribution in [2.24, 2.45) is 5.92 Å². The summed E-state index contributed by atoms with van der Waals surface area (Å²) in [6.07, 6.45) is 5.65. The lowest BCUT2D eigenvalue weighted by atomic mass is 9.83. The Bertz CT molecular complexity index is 1160. The van der Waals surface area contributed by atoms with Crippen molar-refractivity contribution in [2.45, 2.75) is 25.7 Å². The molecule has 6 nitrogen and oxygen atoms in total. The van der Waals surface area contributed by atoms with Gasteiger partial charge in [-0.1, -0.05) is 19.1 Å². The van der Waals surface area contributed by atoms with Crippen molar-refractivity contribution in [2.75, 3.05) is 31.1 Å². The van der Waals surface area contributed by atoms with E-state index >= 15 is 0 Å². The molecule has 0 radical (unpaired) electrons. The second-order valence-electron chi connectivity index (χ2n) is 8.71. The summed E-state index contributed by atoms with van der Waals surface area (Å²) < 4.78 is 0. The lowest BCUT2D eigenvalue weighted by Gasteiger charge is -2.37. The van der Waals surface area contributed by atoms with E-state index < -0.39 is 0 Å². The van der Waals surface area contributed by atoms with Crippen LogP contribution in [0, 0.1) is 17.2 Å². The quantitative estimate of drug-likeness (QED) is 0.652. The van der Waals surface area contributed by atoms with Gasteiger partial charge in [0.15, 0.2) is 0 Å². The molecule has 6 heteroatoms. The number of piperidine rings is 1. The van der Waals surface area contributed by atoms with Crippen LogP contribution in [-0.4, -0.2) is 47.0 Å². The molecule has 2 aromatic heterocycles. The highest BCUT2D eigenvalue weighted by Crippen LogP contribution is 2.35. The fraction of sp³-hybridized carbons (Fsp3) is 0.360. The highest BCUT2D eigenvalue weighted by atomic mass is 16.2. The Kier molecular flexibility index (Phi) is 5.03. The maximum absolute atomic E-state index is 13.3. The summed E-state index contributed by atoms with van der Waals surface area (Å²) in [6, 6.07) is 13.9. The zero-order chi connectivity index (χ0) is 21.4. The van der Waals surface area contributed by atoms with Gasteiger partial charge in [0.05, 0.1) is 16.6 Å². The van der Waals surface area contributed by atoms with Gasteiger partial charge >= 0.3 is 0 Å². The van der Waals surface area contributed by atoms with Crippen molar-refractivity contribution in [1.29, 1.82) is 5.26 Å². The van der Waals surface area contributed by atoms with Crippen LogP contribution in [0.3, 0.4) is 0 Å². The SMILES string of the molecule is CC1CC(c2ccc(C#N)c3ncccc23)CN(C(=O)c2ccc(N3CCC3)nc2)C1. The molecule has 3 aromatic rings. The molecule has 5 rings (SSSR count). The van der Waals surface area contributed by atoms with Gasteiger partial charge in [-0.2, -0.15) is 5.26 Å². The smallest absolute Gasteiger partial charge is 0.255 e. The minimum atomic E-state index is 0.0373. The Morgan fingerprint density at radius 2 is 2.00 bits per heavy atom. The van der Waals surface area contributed by atoms with Crippen molar-refractivity contribution in [3.05, 3.63) is 65.5 Å². The summed E-state index contributed by atoms with van der Waals surface area (Å²) in [7, 11) is 0. The summed E-state index contributed by atoms with van der Waals surface area (Å²) in [5, 5.41) is 10.4. The van der Waals surface area contributed by atoms with E-state index in [9.17, 15) is 10.1 Å². The van der Waals surface area contributed by atoms with Crippen LogP contribution in [-0.2, 0) is 0 Å². The lowest BCUT2D eigenvalue weighted by molar-refractivity contribution is 0.0658. The first kappa shape index (κ1) is 19.5. The summed E-state index contributed by atoms with van der Waals surface area (Å²) >= 11 is 0. The maximum Gasteiger partial charge on any atom is 0.255 e. The molecule has 2 atom stereocenters. The van der Waals surface area contributed by atoms with Crippen molar-refractivity contribution >= 4 is 22.6 Å². The molecule has 4 heterocycles. The van der Waals surface area contributed by atoms with Gasteiger partial charge in [-0.3, -0.25) is 9.78 Å². The van der Waals surface area contributed by atoms with Gasteiger partial charge in [0, 0.05) is 49.9 Å². The molecule has 0 spiro atoms. The average Bonchev–Trinajstić information content (AvgIpc) is 2.77. The molecule has 2 fully saturated rings. The molecule has 0 saturated carbocycles. The highest BCUT2D eigenvalue weighted by molar-refractivity contribution is 5.94. The number of hydrogen-bond acceptors (Lipinski definition) is 5. The molecule has 2 saturated heterocycles. The zero-order valence-corrected chi connectivity index (χ0v) is 17.7. The molecule has 2 unspecified atom stereocenters. The molecule has 31 heavy (non-hydrogen) atoms. The summed E-state index contributed by atoms with van der Waals surface area (Å²) in [5.74, 6) is 1.58. The van der Waals surface area contributed by atoms with Crippen LogP contribution in [0.1, 0.15) is 47.2 Å². The van der Waals surface area contributed by atoms with E-state index in [4.69, 9.17) is 0 Å². The standard InChI is InChI=1S/C25H25N5O/c1-17-12-20(21-7-5-18(13-26)24-22(21)4-2-9-27-24)16-30(15-17)25(31)19-6-8-23(28-14-19)29-10-3-11-29/h2,4-9,14,17,20H,3,10-12,15-16H2,1H3. The third-order valence-corrected chi connectivity index (χ3v) is 6.49. The van der Waals surface area contributed by atoms with E-state index in [0.29, 0.717) is 23.6 Å². The Morgan fingerprint density at radius 1 is 1.13 bits per heavy atom. The van der Waals surface area contributed by atoms with Gasteiger partial charge in [0.2, 0.25) is 0 Å². The summed E-state index contributed by atoms with van der Waals surface area (Å²) in [5.41, 5.74) is 3.13. The molecule has 0 N–H and O–H groups in total. The number of amides is 1. The normalized spacial score (nSPS) is 20.9. The van der Waals surface area contributed by atoms with Gasteiger partial charge in [-0.25, -0.2) is 4.98 Å². The van der Waals surface area contributed by atoms with E-state index in [0.717, 1.165) is 48.3 Å². The van der Waals surface area contributed by atoms with Crippen molar-refractivity contribution in [3.8, 4) is 6.07 Å². The number of carbonyl (C=O) groups is 1. The Hall–Kier alpha value is -3.46. The molecular weight excluding hydrogens is 386 g/mol. The minimum Gasteiger partial charge on any atom is -0.356 e. The predicted octanol–water partition coefficient (Wildman–Crippen LogP) is 3.98. The lowest BCUT2D eigenvalue weighted by Crippen LogP contribution is -2.42. The highest BCUT2D eigenvalue weighted by Gasteiger charge is 2.30. The first-order valence-corrected chi connectivity index (χ1v) is 10.9. The Morgan fingerprint density at radius 3 is 2.71 bits per heavy atom. The molecule has 1 amide bonds. The maximum atomic E-state index is 13.3. The number of nitriles is 1. The van der Waals surface area contributed by atoms with E-state index in [1.54, 1.807) is 12.4 Å². The van der Waals surface area contributed by atoms with E-state index in [-0.39, 0.29) is 11.8 Å². The number of aromatic nitrogens is 2. The van der Waals surface area contributed by atoms with Gasteiger partial charge in [0.25, 0.3) is 5.91 Å². The van der Waals surface area contributed by atoms with Gasteiger partial charge < -0.3 is 9.80 Å². The fourth-order valence-electron chi connectivity index (χ4n) is 4.81. The van der Waals surface area contributed by atoms with E-state index in [1.807, 2.05) is 41.3 Å². The monoisotopic (exact) mass is 411 g/mol. The first-order valence-electron chi connectivity index (χ1n) is 10.9. The van der Waals surface area contributed by atoms with Crippen LogP contribution in [0.15, 0.2) is 48.8 Å². The molecule has 2 aliphatic heterocycles. The number of pyridine rings is 2. The number of fused-ring (bicyclic) bond motifs is 1. The van der Waals surface area contributed by atoms with Crippen molar-refractivity contribution in [3.63, 3.8) is 0 Å². The molecular formula is C25H25N5O. The second-order valence-corrected chi connectivity index (χ2v) is 8.71. The molecule has 0 bridgehead atoms. The number of likely N-dealkylation sites (tertiary alicyclic amines) is 1. The largest absolute Gasteiger partial charge is 0.356 e. The van der Waals surface area contributed by atoms with Crippen molar-refractivity contribution in [1.82, 2.24) is 14.9 Å². The number of benzene rings is 1. The predicted molar refractivity (Wildman–Crippen MR) is 120 cm³/mol. The number of anilines is 1. The van der Waals surface area contributed by atoms with Gasteiger partial charge in [0.1, 0.15) is 11.9 Å². The van der Waals surface area contributed by atoms with Crippen LogP contribution in [0.2, 0.25) is 0 Å². The first-order chi connectivity index (χ1) is 15.1. The molecule has 156 valence electrons. The van der Waals surface area contributed by atoms with Crippen LogP contribution in [0.5, 0.6) is 0 Å². The van der Waals surface area contributed by atoms with Crippen LogP contribution in [0.25, 0.3) is 10.9 Å². The Balaban J connectivity index is 1.41. The van der Waals surface area contributed by atoms with Gasteiger partial charge in [-0.05, 0) is 48.6 Å². The van der Waals surface area contributed by atoms with E-state index in [2.05, 4.69) is 27.9 Å². The number of rotatable bonds is 3. The van der Waals surface area contributed by atoms with Crippen molar-refractivity contribution < 1.29 is 4.79 Å². The zero-order valence-electron chi connectivity index (χ0n) is 17.7. The second kappa shape index (κ2) is 7.99. The van der Waals surface area contributed by atoms with E-state index in [1.165, 1.54) is 6.42 Å². The third kappa shape index (κ3) is 3.61. The number of carbonyl (C=O) groups excluding carboxylic acids is 1. The average molecular weight is 412 g/mol. The third-order valence-electron chi connectivity index (χ3n) is 6.49. The summed E-state index contributed by atoms with van der Waals surface area (Å²) in [4.78, 5) is 26.4. The topological polar surface area (TPSA) is 73.1 Å². The molecule has 0 aliphatic carbocycles. The van der Waals surface area contributed by atoms with Crippen LogP contribution in [0.4, 0.5) is 5.82 Å². The van der Waals surface area contributed by atoms with Crippen LogP contribution >= 0.6 is 0 Å². The number of nitrogens with zero attached hydrogens (tertiary/aromatic N) is 5. The minimum absolute atomic E-state index is 0.0373. The molecule has 2 aliphatic rings. The fourth-order valence-corrected chi connectivity index (χ4v) is 4.81. The molecule has 1 aromatic carbocycles. The number of hydrogen-bond donors (Lipinski definition) is 0. The van der Waals surface area contributed by atoms with Crippen LogP contribution < -0.4 is 4.90 Å².